The van der Waals surface area contributed by atoms with Crippen LogP contribution in [0.4, 0.5) is 4.39 Å². The van der Waals surface area contributed by atoms with Gasteiger partial charge in [0.2, 0.25) is 0 Å². The van der Waals surface area contributed by atoms with E-state index in [9.17, 15) is 4.39 Å². The van der Waals surface area contributed by atoms with Crippen LogP contribution in [0.25, 0.3) is 0 Å². The van der Waals surface area contributed by atoms with Crippen LogP contribution in [-0.4, -0.2) is 26.3 Å². The standard InChI is InChI=1S/C15H21ClFNO/c1-2-18-11-15(6-8-19-9-7-15)10-12-4-3-5-13(17)14(12)16/h3-5,18H,2,6-11H2,1H3. The van der Waals surface area contributed by atoms with Crippen molar-refractivity contribution >= 4 is 11.6 Å². The fourth-order valence-electron chi connectivity index (χ4n) is 2.70. The molecular formula is C15H21ClFNO. The van der Waals surface area contributed by atoms with Crippen LogP contribution in [0, 0.1) is 11.2 Å². The predicted octanol–water partition coefficient (Wildman–Crippen LogP) is 3.43. The molecule has 106 valence electrons. The average Bonchev–Trinajstić information content (AvgIpc) is 2.43. The molecule has 1 aromatic carbocycles. The van der Waals surface area contributed by atoms with Gasteiger partial charge in [0.1, 0.15) is 5.82 Å². The Balaban J connectivity index is 2.17. The van der Waals surface area contributed by atoms with Crippen molar-refractivity contribution < 1.29 is 9.13 Å². The molecule has 0 aromatic heterocycles. The molecule has 1 saturated heterocycles. The van der Waals surface area contributed by atoms with Gasteiger partial charge in [-0.2, -0.15) is 0 Å². The highest BCUT2D eigenvalue weighted by Crippen LogP contribution is 2.36. The van der Waals surface area contributed by atoms with E-state index in [0.29, 0.717) is 0 Å². The van der Waals surface area contributed by atoms with Gasteiger partial charge in [0, 0.05) is 19.8 Å². The third-order valence-corrected chi connectivity index (χ3v) is 4.32. The third kappa shape index (κ3) is 3.68. The molecule has 1 aromatic rings. The van der Waals surface area contributed by atoms with E-state index < -0.39 is 0 Å². The van der Waals surface area contributed by atoms with Crippen molar-refractivity contribution in [3.05, 3.63) is 34.6 Å². The summed E-state index contributed by atoms with van der Waals surface area (Å²) in [5.74, 6) is -0.329. The number of hydrogen-bond acceptors (Lipinski definition) is 2. The number of rotatable bonds is 5. The monoisotopic (exact) mass is 285 g/mol. The van der Waals surface area contributed by atoms with Crippen molar-refractivity contribution in [2.45, 2.75) is 26.2 Å². The smallest absolute Gasteiger partial charge is 0.142 e. The summed E-state index contributed by atoms with van der Waals surface area (Å²) in [4.78, 5) is 0. The van der Waals surface area contributed by atoms with Crippen LogP contribution in [0.1, 0.15) is 25.3 Å². The molecule has 4 heteroatoms. The van der Waals surface area contributed by atoms with E-state index in [2.05, 4.69) is 12.2 Å². The number of nitrogens with one attached hydrogen (secondary N) is 1. The van der Waals surface area contributed by atoms with Crippen LogP contribution in [0.15, 0.2) is 18.2 Å². The number of benzene rings is 1. The molecule has 2 rings (SSSR count). The molecule has 1 N–H and O–H groups in total. The highest BCUT2D eigenvalue weighted by molar-refractivity contribution is 6.31. The van der Waals surface area contributed by atoms with Gasteiger partial charge in [0.05, 0.1) is 5.02 Å². The second-order valence-corrected chi connectivity index (χ2v) is 5.66. The zero-order valence-electron chi connectivity index (χ0n) is 11.3. The minimum Gasteiger partial charge on any atom is -0.381 e. The normalized spacial score (nSPS) is 18.5. The lowest BCUT2D eigenvalue weighted by atomic mass is 9.75. The van der Waals surface area contributed by atoms with E-state index in [4.69, 9.17) is 16.3 Å². The molecule has 0 amide bonds. The van der Waals surface area contributed by atoms with Crippen molar-refractivity contribution in [3.8, 4) is 0 Å². The van der Waals surface area contributed by atoms with Crippen molar-refractivity contribution in [2.24, 2.45) is 5.41 Å². The minimum atomic E-state index is -0.329. The first-order chi connectivity index (χ1) is 9.17. The van der Waals surface area contributed by atoms with Gasteiger partial charge in [-0.1, -0.05) is 30.7 Å². The summed E-state index contributed by atoms with van der Waals surface area (Å²) in [6.07, 6.45) is 2.79. The largest absolute Gasteiger partial charge is 0.381 e. The lowest BCUT2D eigenvalue weighted by Crippen LogP contribution is -2.40. The lowest BCUT2D eigenvalue weighted by Gasteiger charge is -2.38. The Kier molecular flexibility index (Phi) is 5.20. The first kappa shape index (κ1) is 14.8. The van der Waals surface area contributed by atoms with Gasteiger partial charge in [-0.3, -0.25) is 0 Å². The Morgan fingerprint density at radius 2 is 2.11 bits per heavy atom. The first-order valence-electron chi connectivity index (χ1n) is 6.88. The van der Waals surface area contributed by atoms with Crippen molar-refractivity contribution in [1.29, 1.82) is 0 Å². The van der Waals surface area contributed by atoms with Crippen LogP contribution in [-0.2, 0) is 11.2 Å². The molecule has 2 nitrogen and oxygen atoms in total. The molecule has 0 atom stereocenters. The van der Waals surface area contributed by atoms with Crippen LogP contribution in [0.3, 0.4) is 0 Å². The SMILES string of the molecule is CCNCC1(Cc2cccc(F)c2Cl)CCOCC1. The molecule has 1 aliphatic rings. The molecule has 1 aliphatic heterocycles. The molecule has 0 radical (unpaired) electrons. The van der Waals surface area contributed by atoms with E-state index in [-0.39, 0.29) is 16.3 Å². The van der Waals surface area contributed by atoms with E-state index in [1.54, 1.807) is 6.07 Å². The van der Waals surface area contributed by atoms with Gasteiger partial charge in [0.25, 0.3) is 0 Å². The third-order valence-electron chi connectivity index (χ3n) is 3.90. The second kappa shape index (κ2) is 6.69. The summed E-state index contributed by atoms with van der Waals surface area (Å²) in [6, 6.07) is 5.07. The summed E-state index contributed by atoms with van der Waals surface area (Å²) >= 11 is 6.08. The summed E-state index contributed by atoms with van der Waals surface area (Å²) in [5, 5.41) is 3.69. The summed E-state index contributed by atoms with van der Waals surface area (Å²) < 4.78 is 19.0. The molecule has 0 saturated carbocycles. The molecule has 0 unspecified atom stereocenters. The highest BCUT2D eigenvalue weighted by atomic mass is 35.5. The fourth-order valence-corrected chi connectivity index (χ4v) is 2.89. The van der Waals surface area contributed by atoms with Gasteiger partial charge >= 0.3 is 0 Å². The summed E-state index contributed by atoms with van der Waals surface area (Å²) in [6.45, 7) is 5.53. The lowest BCUT2D eigenvalue weighted by molar-refractivity contribution is 0.0151. The van der Waals surface area contributed by atoms with Gasteiger partial charge in [-0.05, 0) is 42.9 Å². The average molecular weight is 286 g/mol. The van der Waals surface area contributed by atoms with E-state index in [1.165, 1.54) is 6.07 Å². The van der Waals surface area contributed by atoms with E-state index in [1.807, 2.05) is 6.07 Å². The van der Waals surface area contributed by atoms with E-state index >= 15 is 0 Å². The van der Waals surface area contributed by atoms with Crippen molar-refractivity contribution in [3.63, 3.8) is 0 Å². The van der Waals surface area contributed by atoms with Crippen LogP contribution in [0.5, 0.6) is 0 Å². The van der Waals surface area contributed by atoms with Gasteiger partial charge in [0.15, 0.2) is 0 Å². The number of hydrogen-bond donors (Lipinski definition) is 1. The zero-order valence-corrected chi connectivity index (χ0v) is 12.1. The Labute approximate surface area is 119 Å². The maximum absolute atomic E-state index is 13.5. The first-order valence-corrected chi connectivity index (χ1v) is 7.26. The van der Waals surface area contributed by atoms with Crippen LogP contribution in [0.2, 0.25) is 5.02 Å². The highest BCUT2D eigenvalue weighted by Gasteiger charge is 2.33. The topological polar surface area (TPSA) is 21.3 Å². The molecule has 0 aliphatic carbocycles. The van der Waals surface area contributed by atoms with Crippen molar-refractivity contribution in [1.82, 2.24) is 5.32 Å². The molecular weight excluding hydrogens is 265 g/mol. The van der Waals surface area contributed by atoms with Gasteiger partial charge in [-0.25, -0.2) is 4.39 Å². The second-order valence-electron chi connectivity index (χ2n) is 5.28. The maximum Gasteiger partial charge on any atom is 0.142 e. The van der Waals surface area contributed by atoms with Crippen LogP contribution < -0.4 is 5.32 Å². The fraction of sp³-hybridized carbons (Fsp3) is 0.600. The number of ether oxygens (including phenoxy) is 1. The van der Waals surface area contributed by atoms with Gasteiger partial charge in [-0.15, -0.1) is 0 Å². The molecule has 1 heterocycles. The Morgan fingerprint density at radius 1 is 1.37 bits per heavy atom. The predicted molar refractivity (Wildman–Crippen MR) is 76.1 cm³/mol. The van der Waals surface area contributed by atoms with Crippen molar-refractivity contribution in [2.75, 3.05) is 26.3 Å². The molecule has 1 fully saturated rings. The zero-order chi connectivity index (χ0) is 13.7. The Bertz CT molecular complexity index is 419. The Hall–Kier alpha value is -0.640. The quantitative estimate of drug-likeness (QED) is 0.895. The summed E-state index contributed by atoms with van der Waals surface area (Å²) in [7, 11) is 0. The summed E-state index contributed by atoms with van der Waals surface area (Å²) in [5.41, 5.74) is 1.03. The molecule has 0 bridgehead atoms. The molecule has 19 heavy (non-hydrogen) atoms. The van der Waals surface area contributed by atoms with Gasteiger partial charge < -0.3 is 10.1 Å². The Morgan fingerprint density at radius 3 is 2.79 bits per heavy atom. The maximum atomic E-state index is 13.5. The van der Waals surface area contributed by atoms with Crippen LogP contribution >= 0.6 is 11.6 Å². The number of halogens is 2. The minimum absolute atomic E-state index is 0.131. The molecule has 0 spiro atoms. The van der Waals surface area contributed by atoms with E-state index in [0.717, 1.165) is 51.1 Å².